The molecule has 0 aromatic carbocycles. The number of anilines is 1. The molecule has 1 N–H and O–H groups in total. The van der Waals surface area contributed by atoms with Gasteiger partial charge >= 0.3 is 6.09 Å². The summed E-state index contributed by atoms with van der Waals surface area (Å²) in [5.74, 6) is 0.977. The molecule has 1 fully saturated rings. The normalized spacial score (nSPS) is 24.9. The molecule has 3 atom stereocenters. The standard InChI is InChI=1S/C15H20BrN3O3/c1-8-6-18(15(20)21)7-11-4-10-5-12(16)13(9(2)22-3)17-14(10)19(8)11/h5,8-9,11H,4,6-7H2,1-3H3,(H,20,21)/t8-,9+,11-/m1/s1. The van der Waals surface area contributed by atoms with Crippen LogP contribution in [0.4, 0.5) is 10.6 Å². The van der Waals surface area contributed by atoms with Crippen LogP contribution >= 0.6 is 15.9 Å². The van der Waals surface area contributed by atoms with E-state index in [0.717, 1.165) is 22.4 Å². The first-order chi connectivity index (χ1) is 10.4. The van der Waals surface area contributed by atoms with Crippen LogP contribution in [0.2, 0.25) is 0 Å². The van der Waals surface area contributed by atoms with Crippen molar-refractivity contribution in [3.05, 3.63) is 21.8 Å². The molecule has 1 aromatic heterocycles. The number of carboxylic acid groups (broad SMARTS) is 1. The molecule has 3 rings (SSSR count). The zero-order chi connectivity index (χ0) is 16.0. The van der Waals surface area contributed by atoms with Crippen molar-refractivity contribution < 1.29 is 14.6 Å². The van der Waals surface area contributed by atoms with E-state index in [1.807, 2.05) is 6.92 Å². The van der Waals surface area contributed by atoms with Crippen molar-refractivity contribution in [2.24, 2.45) is 0 Å². The molecule has 0 bridgehead atoms. The number of aromatic nitrogens is 1. The molecule has 0 radical (unpaired) electrons. The molecule has 0 unspecified atom stereocenters. The Morgan fingerprint density at radius 3 is 2.91 bits per heavy atom. The van der Waals surface area contributed by atoms with Crippen LogP contribution in [0.3, 0.4) is 0 Å². The number of ether oxygens (including phenoxy) is 1. The SMILES string of the molecule is CO[C@@H](C)c1nc2c(cc1Br)C[C@@H]1CN(C(=O)O)C[C@@H](C)N21. The summed E-state index contributed by atoms with van der Waals surface area (Å²) in [5.41, 5.74) is 2.05. The van der Waals surface area contributed by atoms with Crippen LogP contribution in [0.15, 0.2) is 10.5 Å². The van der Waals surface area contributed by atoms with Crippen molar-refractivity contribution in [2.75, 3.05) is 25.1 Å². The van der Waals surface area contributed by atoms with E-state index in [0.29, 0.717) is 13.1 Å². The molecule has 1 aromatic rings. The van der Waals surface area contributed by atoms with Crippen molar-refractivity contribution in [2.45, 2.75) is 38.5 Å². The van der Waals surface area contributed by atoms with Gasteiger partial charge in [-0.2, -0.15) is 0 Å². The second-order valence-corrected chi connectivity index (χ2v) is 6.87. The molecule has 3 heterocycles. The highest BCUT2D eigenvalue weighted by Gasteiger charge is 2.41. The predicted octanol–water partition coefficient (Wildman–Crippen LogP) is 2.66. The topological polar surface area (TPSA) is 65.9 Å². The lowest BCUT2D eigenvalue weighted by Crippen LogP contribution is -2.58. The maximum Gasteiger partial charge on any atom is 0.407 e. The van der Waals surface area contributed by atoms with Crippen molar-refractivity contribution in [1.29, 1.82) is 0 Å². The van der Waals surface area contributed by atoms with Gasteiger partial charge in [0.2, 0.25) is 0 Å². The molecular weight excluding hydrogens is 350 g/mol. The Balaban J connectivity index is 1.96. The molecule has 22 heavy (non-hydrogen) atoms. The van der Waals surface area contributed by atoms with Crippen LogP contribution in [0.5, 0.6) is 0 Å². The molecule has 6 nitrogen and oxygen atoms in total. The van der Waals surface area contributed by atoms with E-state index < -0.39 is 6.09 Å². The lowest BCUT2D eigenvalue weighted by molar-refractivity contribution is 0.115. The average Bonchev–Trinajstić information content (AvgIpc) is 2.82. The van der Waals surface area contributed by atoms with E-state index in [1.54, 1.807) is 7.11 Å². The quantitative estimate of drug-likeness (QED) is 0.867. The number of rotatable bonds is 2. The highest BCUT2D eigenvalue weighted by Crippen LogP contribution is 2.38. The fourth-order valence-corrected chi connectivity index (χ4v) is 4.13. The minimum absolute atomic E-state index is 0.0886. The van der Waals surface area contributed by atoms with Crippen LogP contribution in [-0.2, 0) is 11.2 Å². The van der Waals surface area contributed by atoms with Gasteiger partial charge in [-0.1, -0.05) is 0 Å². The zero-order valence-corrected chi connectivity index (χ0v) is 14.5. The summed E-state index contributed by atoms with van der Waals surface area (Å²) in [7, 11) is 1.67. The highest BCUT2D eigenvalue weighted by atomic mass is 79.9. The van der Waals surface area contributed by atoms with Gasteiger partial charge < -0.3 is 19.6 Å². The van der Waals surface area contributed by atoms with Gasteiger partial charge in [0.05, 0.1) is 17.8 Å². The Bertz CT molecular complexity index is 610. The van der Waals surface area contributed by atoms with Crippen LogP contribution in [-0.4, -0.2) is 53.4 Å². The van der Waals surface area contributed by atoms with E-state index in [9.17, 15) is 9.90 Å². The average molecular weight is 370 g/mol. The fourth-order valence-electron chi connectivity index (χ4n) is 3.44. The molecule has 0 spiro atoms. The number of carbonyl (C=O) groups is 1. The van der Waals surface area contributed by atoms with Crippen molar-refractivity contribution in [3.8, 4) is 0 Å². The molecule has 7 heteroatoms. The molecule has 0 saturated carbocycles. The molecule has 120 valence electrons. The van der Waals surface area contributed by atoms with E-state index >= 15 is 0 Å². The van der Waals surface area contributed by atoms with E-state index in [-0.39, 0.29) is 18.2 Å². The van der Waals surface area contributed by atoms with Gasteiger partial charge in [0.15, 0.2) is 0 Å². The predicted molar refractivity (Wildman–Crippen MR) is 86.4 cm³/mol. The van der Waals surface area contributed by atoms with Gasteiger partial charge in [0.25, 0.3) is 0 Å². The fraction of sp³-hybridized carbons (Fsp3) is 0.600. The first-order valence-corrected chi connectivity index (χ1v) is 8.20. The number of hydrogen-bond acceptors (Lipinski definition) is 4. The van der Waals surface area contributed by atoms with Crippen LogP contribution in [0.25, 0.3) is 0 Å². The largest absolute Gasteiger partial charge is 0.465 e. The first-order valence-electron chi connectivity index (χ1n) is 7.40. The molecule has 1 saturated heterocycles. The van der Waals surface area contributed by atoms with Crippen LogP contribution in [0.1, 0.15) is 31.2 Å². The van der Waals surface area contributed by atoms with Crippen molar-refractivity contribution in [1.82, 2.24) is 9.88 Å². The molecule has 2 aliphatic rings. The van der Waals surface area contributed by atoms with Gasteiger partial charge in [0, 0.05) is 30.7 Å². The van der Waals surface area contributed by atoms with Gasteiger partial charge in [0.1, 0.15) is 5.82 Å². The summed E-state index contributed by atoms with van der Waals surface area (Å²) in [4.78, 5) is 19.9. The number of amides is 1. The third-order valence-corrected chi connectivity index (χ3v) is 5.19. The third-order valence-electron chi connectivity index (χ3n) is 4.55. The Morgan fingerprint density at radius 1 is 1.55 bits per heavy atom. The number of fused-ring (bicyclic) bond motifs is 3. The first kappa shape index (κ1) is 15.6. The zero-order valence-electron chi connectivity index (χ0n) is 12.9. The van der Waals surface area contributed by atoms with E-state index in [2.05, 4.69) is 33.8 Å². The minimum atomic E-state index is -0.842. The molecule has 2 aliphatic heterocycles. The lowest BCUT2D eigenvalue weighted by Gasteiger charge is -2.42. The minimum Gasteiger partial charge on any atom is -0.465 e. The van der Waals surface area contributed by atoms with Gasteiger partial charge in [-0.05, 0) is 47.8 Å². The summed E-state index contributed by atoms with van der Waals surface area (Å²) in [6, 6.07) is 2.39. The number of piperazine rings is 1. The highest BCUT2D eigenvalue weighted by molar-refractivity contribution is 9.10. The Labute approximate surface area is 138 Å². The monoisotopic (exact) mass is 369 g/mol. The summed E-state index contributed by atoms with van der Waals surface area (Å²) < 4.78 is 6.34. The van der Waals surface area contributed by atoms with Crippen molar-refractivity contribution in [3.63, 3.8) is 0 Å². The maximum atomic E-state index is 11.3. The summed E-state index contributed by atoms with van der Waals surface area (Å²) in [6.07, 6.45) is -0.101. The second-order valence-electron chi connectivity index (χ2n) is 6.02. The third kappa shape index (κ3) is 2.46. The van der Waals surface area contributed by atoms with Gasteiger partial charge in [-0.15, -0.1) is 0 Å². The van der Waals surface area contributed by atoms with E-state index in [4.69, 9.17) is 9.72 Å². The Kier molecular flexibility index (Phi) is 4.03. The Hall–Kier alpha value is -1.34. The summed E-state index contributed by atoms with van der Waals surface area (Å²) in [6.45, 7) is 5.07. The Morgan fingerprint density at radius 2 is 2.27 bits per heavy atom. The maximum absolute atomic E-state index is 11.3. The van der Waals surface area contributed by atoms with Gasteiger partial charge in [-0.25, -0.2) is 9.78 Å². The number of halogens is 1. The number of pyridine rings is 1. The van der Waals surface area contributed by atoms with Crippen LogP contribution < -0.4 is 4.90 Å². The molecular formula is C15H20BrN3O3. The van der Waals surface area contributed by atoms with E-state index in [1.165, 1.54) is 10.5 Å². The second kappa shape index (κ2) is 5.70. The summed E-state index contributed by atoms with van der Waals surface area (Å²) in [5, 5.41) is 9.25. The number of hydrogen-bond donors (Lipinski definition) is 1. The number of nitrogens with zero attached hydrogens (tertiary/aromatic N) is 3. The van der Waals surface area contributed by atoms with Crippen LogP contribution in [0, 0.1) is 0 Å². The smallest absolute Gasteiger partial charge is 0.407 e. The number of methoxy groups -OCH3 is 1. The van der Waals surface area contributed by atoms with Gasteiger partial charge in [-0.3, -0.25) is 0 Å². The summed E-state index contributed by atoms with van der Waals surface area (Å²) >= 11 is 3.58. The van der Waals surface area contributed by atoms with Crippen molar-refractivity contribution >= 4 is 27.8 Å². The molecule has 1 amide bonds. The lowest BCUT2D eigenvalue weighted by atomic mass is 10.1. The molecule has 0 aliphatic carbocycles.